The monoisotopic (exact) mass is 399 g/mol. The highest BCUT2D eigenvalue weighted by Gasteiger charge is 2.26. The SMILES string of the molecule is CC(C(=O)Nc1ccc2c(c1)OC(=O)C2)N1CCN(c2ccc(Cl)cc2)CC1. The van der Waals surface area contributed by atoms with E-state index in [1.807, 2.05) is 43.3 Å². The molecule has 4 rings (SSSR count). The third-order valence-electron chi connectivity index (χ3n) is 5.33. The average molecular weight is 400 g/mol. The van der Waals surface area contributed by atoms with Crippen LogP contribution < -0.4 is 15.0 Å². The fourth-order valence-corrected chi connectivity index (χ4v) is 3.75. The van der Waals surface area contributed by atoms with Crippen LogP contribution in [-0.4, -0.2) is 49.0 Å². The molecule has 6 nitrogen and oxygen atoms in total. The van der Waals surface area contributed by atoms with Crippen molar-refractivity contribution in [3.63, 3.8) is 0 Å². The smallest absolute Gasteiger partial charge is 0.315 e. The van der Waals surface area contributed by atoms with E-state index in [0.29, 0.717) is 11.4 Å². The highest BCUT2D eigenvalue weighted by atomic mass is 35.5. The average Bonchev–Trinajstić information content (AvgIpc) is 3.07. The zero-order valence-corrected chi connectivity index (χ0v) is 16.4. The Morgan fingerprint density at radius 3 is 2.54 bits per heavy atom. The van der Waals surface area contributed by atoms with Gasteiger partial charge in [0.1, 0.15) is 5.75 Å². The number of hydrogen-bond donors (Lipinski definition) is 1. The topological polar surface area (TPSA) is 61.9 Å². The van der Waals surface area contributed by atoms with Gasteiger partial charge in [0.2, 0.25) is 5.91 Å². The fraction of sp³-hybridized carbons (Fsp3) is 0.333. The van der Waals surface area contributed by atoms with Crippen molar-refractivity contribution in [2.45, 2.75) is 19.4 Å². The first kappa shape index (κ1) is 18.8. The molecule has 1 unspecified atom stereocenters. The van der Waals surface area contributed by atoms with Gasteiger partial charge < -0.3 is 15.0 Å². The zero-order chi connectivity index (χ0) is 19.7. The summed E-state index contributed by atoms with van der Waals surface area (Å²) in [5, 5.41) is 3.66. The number of esters is 1. The molecule has 2 heterocycles. The van der Waals surface area contributed by atoms with E-state index >= 15 is 0 Å². The van der Waals surface area contributed by atoms with Gasteiger partial charge in [-0.15, -0.1) is 0 Å². The molecule has 2 aliphatic rings. The molecule has 0 aliphatic carbocycles. The molecule has 0 aromatic heterocycles. The first-order chi connectivity index (χ1) is 13.5. The van der Waals surface area contributed by atoms with Crippen molar-refractivity contribution in [1.82, 2.24) is 4.90 Å². The van der Waals surface area contributed by atoms with E-state index in [4.69, 9.17) is 16.3 Å². The number of ether oxygens (including phenoxy) is 1. The molecule has 0 radical (unpaired) electrons. The van der Waals surface area contributed by atoms with E-state index in [9.17, 15) is 9.59 Å². The summed E-state index contributed by atoms with van der Waals surface area (Å²) in [5.41, 5.74) is 2.65. The number of fused-ring (bicyclic) bond motifs is 1. The molecule has 0 saturated carbocycles. The number of rotatable bonds is 4. The number of benzene rings is 2. The lowest BCUT2D eigenvalue weighted by Crippen LogP contribution is -2.52. The summed E-state index contributed by atoms with van der Waals surface area (Å²) in [6, 6.07) is 12.9. The Morgan fingerprint density at radius 2 is 1.82 bits per heavy atom. The Morgan fingerprint density at radius 1 is 1.11 bits per heavy atom. The lowest BCUT2D eigenvalue weighted by atomic mass is 10.1. The quantitative estimate of drug-likeness (QED) is 0.632. The molecular weight excluding hydrogens is 378 g/mol. The van der Waals surface area contributed by atoms with Crippen LogP contribution in [0.15, 0.2) is 42.5 Å². The van der Waals surface area contributed by atoms with Gasteiger partial charge in [-0.3, -0.25) is 14.5 Å². The zero-order valence-electron chi connectivity index (χ0n) is 15.7. The van der Waals surface area contributed by atoms with Crippen LogP contribution in [0.4, 0.5) is 11.4 Å². The Bertz CT molecular complexity index is 892. The maximum atomic E-state index is 12.7. The molecule has 0 bridgehead atoms. The number of halogens is 1. The number of carbonyl (C=O) groups excluding carboxylic acids is 2. The minimum absolute atomic E-state index is 0.0655. The normalized spacial score (nSPS) is 17.8. The molecule has 1 atom stereocenters. The number of amides is 1. The van der Waals surface area contributed by atoms with Crippen LogP contribution >= 0.6 is 11.6 Å². The molecule has 1 saturated heterocycles. The number of hydrogen-bond acceptors (Lipinski definition) is 5. The molecule has 1 N–H and O–H groups in total. The largest absolute Gasteiger partial charge is 0.426 e. The third kappa shape index (κ3) is 3.98. The Hall–Kier alpha value is -2.57. The van der Waals surface area contributed by atoms with Crippen molar-refractivity contribution in [3.05, 3.63) is 53.1 Å². The molecule has 0 spiro atoms. The maximum Gasteiger partial charge on any atom is 0.315 e. The van der Waals surface area contributed by atoms with Crippen molar-refractivity contribution < 1.29 is 14.3 Å². The third-order valence-corrected chi connectivity index (χ3v) is 5.58. The van der Waals surface area contributed by atoms with Crippen molar-refractivity contribution in [3.8, 4) is 5.75 Å². The van der Waals surface area contributed by atoms with Gasteiger partial charge in [0, 0.05) is 54.2 Å². The lowest BCUT2D eigenvalue weighted by molar-refractivity contribution is -0.131. The minimum atomic E-state index is -0.259. The Kier molecular flexibility index (Phi) is 5.24. The standard InChI is InChI=1S/C21H22ClN3O3/c1-14(21(27)23-17-5-2-15-12-20(26)28-19(15)13-17)24-8-10-25(11-9-24)18-6-3-16(22)4-7-18/h2-7,13-14H,8-12H2,1H3,(H,23,27). The van der Waals surface area contributed by atoms with Gasteiger partial charge in [-0.05, 0) is 37.3 Å². The van der Waals surface area contributed by atoms with Gasteiger partial charge in [0.25, 0.3) is 0 Å². The summed E-state index contributed by atoms with van der Waals surface area (Å²) in [4.78, 5) is 28.5. The van der Waals surface area contributed by atoms with Crippen molar-refractivity contribution in [2.75, 3.05) is 36.4 Å². The maximum absolute atomic E-state index is 12.7. The molecule has 7 heteroatoms. The van der Waals surface area contributed by atoms with E-state index in [1.54, 1.807) is 6.07 Å². The van der Waals surface area contributed by atoms with Crippen LogP contribution in [0.2, 0.25) is 5.02 Å². The summed E-state index contributed by atoms with van der Waals surface area (Å²) in [7, 11) is 0. The Balaban J connectivity index is 1.33. The molecule has 2 aromatic carbocycles. The van der Waals surface area contributed by atoms with Gasteiger partial charge in [-0.1, -0.05) is 17.7 Å². The van der Waals surface area contributed by atoms with Crippen molar-refractivity contribution in [1.29, 1.82) is 0 Å². The van der Waals surface area contributed by atoms with E-state index in [0.717, 1.165) is 42.5 Å². The van der Waals surface area contributed by atoms with Crippen LogP contribution in [0.3, 0.4) is 0 Å². The van der Waals surface area contributed by atoms with Gasteiger partial charge in [-0.2, -0.15) is 0 Å². The summed E-state index contributed by atoms with van der Waals surface area (Å²) in [6.07, 6.45) is 0.290. The number of carbonyl (C=O) groups is 2. The number of anilines is 2. The number of nitrogens with zero attached hydrogens (tertiary/aromatic N) is 2. The van der Waals surface area contributed by atoms with E-state index in [2.05, 4.69) is 15.1 Å². The highest BCUT2D eigenvalue weighted by molar-refractivity contribution is 6.30. The molecule has 1 fully saturated rings. The van der Waals surface area contributed by atoms with Gasteiger partial charge in [-0.25, -0.2) is 0 Å². The summed E-state index contributed by atoms with van der Waals surface area (Å²) in [5.74, 6) is 0.210. The van der Waals surface area contributed by atoms with Crippen LogP contribution in [-0.2, 0) is 16.0 Å². The van der Waals surface area contributed by atoms with E-state index in [-0.39, 0.29) is 24.3 Å². The number of piperazine rings is 1. The molecule has 1 amide bonds. The minimum Gasteiger partial charge on any atom is -0.426 e. The second-order valence-corrected chi connectivity index (χ2v) is 7.57. The van der Waals surface area contributed by atoms with Crippen LogP contribution in [0, 0.1) is 0 Å². The summed E-state index contributed by atoms with van der Waals surface area (Å²) >= 11 is 5.96. The predicted octanol–water partition coefficient (Wildman–Crippen LogP) is 2.95. The fourth-order valence-electron chi connectivity index (χ4n) is 3.62. The second kappa shape index (κ2) is 7.81. The second-order valence-electron chi connectivity index (χ2n) is 7.14. The molecule has 2 aliphatic heterocycles. The van der Waals surface area contributed by atoms with Crippen LogP contribution in [0.25, 0.3) is 0 Å². The van der Waals surface area contributed by atoms with Crippen molar-refractivity contribution in [2.24, 2.45) is 0 Å². The van der Waals surface area contributed by atoms with E-state index in [1.165, 1.54) is 0 Å². The van der Waals surface area contributed by atoms with Gasteiger partial charge in [0.05, 0.1) is 12.5 Å². The first-order valence-electron chi connectivity index (χ1n) is 9.38. The number of nitrogens with one attached hydrogen (secondary N) is 1. The van der Waals surface area contributed by atoms with Gasteiger partial charge in [0.15, 0.2) is 0 Å². The lowest BCUT2D eigenvalue weighted by Gasteiger charge is -2.38. The Labute approximate surface area is 169 Å². The van der Waals surface area contributed by atoms with Gasteiger partial charge >= 0.3 is 5.97 Å². The predicted molar refractivity (Wildman–Crippen MR) is 109 cm³/mol. The summed E-state index contributed by atoms with van der Waals surface area (Å²) < 4.78 is 5.15. The van der Waals surface area contributed by atoms with Crippen LogP contribution in [0.1, 0.15) is 12.5 Å². The molecule has 28 heavy (non-hydrogen) atoms. The first-order valence-corrected chi connectivity index (χ1v) is 9.76. The molecule has 2 aromatic rings. The van der Waals surface area contributed by atoms with Crippen molar-refractivity contribution >= 4 is 34.9 Å². The van der Waals surface area contributed by atoms with E-state index < -0.39 is 0 Å². The van der Waals surface area contributed by atoms with Crippen LogP contribution in [0.5, 0.6) is 5.75 Å². The summed E-state index contributed by atoms with van der Waals surface area (Å²) in [6.45, 7) is 5.24. The molecule has 146 valence electrons. The highest BCUT2D eigenvalue weighted by Crippen LogP contribution is 2.29. The molecular formula is C21H22ClN3O3.